The zero-order valence-corrected chi connectivity index (χ0v) is 20.8. The predicted octanol–water partition coefficient (Wildman–Crippen LogP) is 1.95. The summed E-state index contributed by atoms with van der Waals surface area (Å²) >= 11 is 0. The Hall–Kier alpha value is -4.08. The molecule has 0 radical (unpaired) electrons. The highest BCUT2D eigenvalue weighted by Gasteiger charge is 2.27. The number of hydrogen-bond acceptors (Lipinski definition) is 9. The number of carbonyl (C=O) groups excluding carboxylic acids is 3. The maximum atomic E-state index is 13.2. The number of ether oxygens (including phenoxy) is 2. The minimum absolute atomic E-state index is 0.0612. The normalized spacial score (nSPS) is 16.5. The third kappa shape index (κ3) is 6.02. The molecule has 4 rings (SSSR count). The molecular weight excluding hydrogens is 478 g/mol. The van der Waals surface area contributed by atoms with Gasteiger partial charge in [0.1, 0.15) is 30.0 Å². The average Bonchev–Trinajstić information content (AvgIpc) is 3.41. The maximum absolute atomic E-state index is 13.2. The predicted molar refractivity (Wildman–Crippen MR) is 134 cm³/mol. The summed E-state index contributed by atoms with van der Waals surface area (Å²) in [6, 6.07) is 5.19. The Labute approximate surface area is 214 Å². The number of nitriles is 1. The number of nitrogens with zero attached hydrogens (tertiary/aromatic N) is 5. The summed E-state index contributed by atoms with van der Waals surface area (Å²) in [5.74, 6) is 0.459. The van der Waals surface area contributed by atoms with Gasteiger partial charge in [-0.15, -0.1) is 0 Å². The van der Waals surface area contributed by atoms with E-state index in [4.69, 9.17) is 9.47 Å². The molecule has 2 aromatic heterocycles. The van der Waals surface area contributed by atoms with Gasteiger partial charge in [-0.25, -0.2) is 14.8 Å². The number of urea groups is 1. The first-order valence-corrected chi connectivity index (χ1v) is 12.0. The fraction of sp³-hybridized carbons (Fsp3) is 0.440. The van der Waals surface area contributed by atoms with E-state index in [2.05, 4.69) is 26.7 Å². The van der Waals surface area contributed by atoms with Crippen LogP contribution in [0.25, 0.3) is 0 Å². The van der Waals surface area contributed by atoms with Gasteiger partial charge in [0.25, 0.3) is 0 Å². The third-order valence-corrected chi connectivity index (χ3v) is 6.28. The molecular formula is C25H29N7O5. The molecule has 37 heavy (non-hydrogen) atoms. The van der Waals surface area contributed by atoms with E-state index in [-0.39, 0.29) is 36.6 Å². The molecule has 0 bridgehead atoms. The number of rotatable bonds is 8. The molecule has 12 nitrogen and oxygen atoms in total. The van der Waals surface area contributed by atoms with E-state index in [1.54, 1.807) is 13.1 Å². The number of methoxy groups -OCH3 is 1. The monoisotopic (exact) mass is 507 g/mol. The van der Waals surface area contributed by atoms with Gasteiger partial charge in [-0.2, -0.15) is 5.26 Å². The number of aromatic nitrogens is 2. The van der Waals surface area contributed by atoms with Gasteiger partial charge in [-0.05, 0) is 30.9 Å². The van der Waals surface area contributed by atoms with Crippen molar-refractivity contribution in [3.05, 3.63) is 40.7 Å². The SMILES string of the molecule is COCC(=O)N(C)Cc1cc2c(nc1C=O)N(C(=O)Nc1cc(N[C@H]3CCOC3)c(C#N)cn1)CCC2. The van der Waals surface area contributed by atoms with E-state index < -0.39 is 6.03 Å². The van der Waals surface area contributed by atoms with Gasteiger partial charge in [-0.3, -0.25) is 19.8 Å². The molecule has 1 fully saturated rings. The van der Waals surface area contributed by atoms with Crippen molar-refractivity contribution in [3.8, 4) is 6.07 Å². The molecule has 1 atom stereocenters. The molecule has 4 heterocycles. The van der Waals surface area contributed by atoms with Crippen LogP contribution in [0, 0.1) is 11.3 Å². The number of carbonyl (C=O) groups is 3. The first kappa shape index (κ1) is 26.0. The summed E-state index contributed by atoms with van der Waals surface area (Å²) in [4.78, 5) is 48.8. The maximum Gasteiger partial charge on any atom is 0.328 e. The van der Waals surface area contributed by atoms with Gasteiger partial charge in [0.15, 0.2) is 6.29 Å². The van der Waals surface area contributed by atoms with Gasteiger partial charge in [0, 0.05) is 51.7 Å². The molecule has 0 aromatic carbocycles. The van der Waals surface area contributed by atoms with Crippen LogP contribution in [0.4, 0.5) is 22.1 Å². The number of pyridine rings is 2. The van der Waals surface area contributed by atoms with Crippen LogP contribution in [0.2, 0.25) is 0 Å². The lowest BCUT2D eigenvalue weighted by Gasteiger charge is -2.29. The molecule has 3 amide bonds. The molecule has 0 unspecified atom stereocenters. The van der Waals surface area contributed by atoms with Crippen LogP contribution in [0.3, 0.4) is 0 Å². The minimum Gasteiger partial charge on any atom is -0.379 e. The van der Waals surface area contributed by atoms with Crippen molar-refractivity contribution < 1.29 is 23.9 Å². The molecule has 2 aromatic rings. The fourth-order valence-electron chi connectivity index (χ4n) is 4.34. The largest absolute Gasteiger partial charge is 0.379 e. The van der Waals surface area contributed by atoms with Crippen molar-refractivity contribution in [1.29, 1.82) is 5.26 Å². The van der Waals surface area contributed by atoms with Crippen LogP contribution < -0.4 is 15.5 Å². The molecule has 194 valence electrons. The Balaban J connectivity index is 1.54. The van der Waals surface area contributed by atoms with Gasteiger partial charge < -0.3 is 19.7 Å². The average molecular weight is 508 g/mol. The lowest BCUT2D eigenvalue weighted by Crippen LogP contribution is -2.40. The highest BCUT2D eigenvalue weighted by molar-refractivity contribution is 6.01. The van der Waals surface area contributed by atoms with Gasteiger partial charge in [0.2, 0.25) is 5.91 Å². The number of nitrogens with one attached hydrogen (secondary N) is 2. The number of fused-ring (bicyclic) bond motifs is 1. The summed E-state index contributed by atoms with van der Waals surface area (Å²) < 4.78 is 10.3. The number of likely N-dealkylation sites (N-methyl/N-ethyl adjacent to an activating group) is 1. The second kappa shape index (κ2) is 11.8. The topological polar surface area (TPSA) is 150 Å². The molecule has 12 heteroatoms. The summed E-state index contributed by atoms with van der Waals surface area (Å²) in [5, 5.41) is 15.5. The Morgan fingerprint density at radius 1 is 1.41 bits per heavy atom. The van der Waals surface area contributed by atoms with E-state index in [1.165, 1.54) is 23.1 Å². The molecule has 0 spiro atoms. The second-order valence-electron chi connectivity index (χ2n) is 8.93. The van der Waals surface area contributed by atoms with Crippen LogP contribution in [0.5, 0.6) is 0 Å². The first-order valence-electron chi connectivity index (χ1n) is 12.0. The highest BCUT2D eigenvalue weighted by atomic mass is 16.5. The Morgan fingerprint density at radius 3 is 2.95 bits per heavy atom. The van der Waals surface area contributed by atoms with Gasteiger partial charge in [0.05, 0.1) is 23.9 Å². The van der Waals surface area contributed by atoms with Crippen molar-refractivity contribution in [1.82, 2.24) is 14.9 Å². The third-order valence-electron chi connectivity index (χ3n) is 6.28. The Kier molecular flexibility index (Phi) is 8.27. The van der Waals surface area contributed by atoms with Crippen LogP contribution in [0.15, 0.2) is 18.3 Å². The van der Waals surface area contributed by atoms with Gasteiger partial charge in [-0.1, -0.05) is 0 Å². The number of anilines is 3. The van der Waals surface area contributed by atoms with E-state index >= 15 is 0 Å². The van der Waals surface area contributed by atoms with Crippen LogP contribution >= 0.6 is 0 Å². The molecule has 0 aliphatic carbocycles. The van der Waals surface area contributed by atoms with Crippen molar-refractivity contribution in [3.63, 3.8) is 0 Å². The van der Waals surface area contributed by atoms with Crippen LogP contribution in [-0.2, 0) is 27.2 Å². The van der Waals surface area contributed by atoms with Crippen molar-refractivity contribution in [2.24, 2.45) is 0 Å². The number of aryl methyl sites for hydroxylation is 1. The quantitative estimate of drug-likeness (QED) is 0.511. The van der Waals surface area contributed by atoms with Gasteiger partial charge >= 0.3 is 6.03 Å². The Bertz CT molecular complexity index is 1220. The first-order chi connectivity index (χ1) is 17.9. The van der Waals surface area contributed by atoms with Crippen molar-refractivity contribution >= 4 is 35.5 Å². The van der Waals surface area contributed by atoms with E-state index in [9.17, 15) is 19.6 Å². The molecule has 1 saturated heterocycles. The molecule has 0 saturated carbocycles. The highest BCUT2D eigenvalue weighted by Crippen LogP contribution is 2.29. The minimum atomic E-state index is -0.446. The molecule has 2 N–H and O–H groups in total. The number of hydrogen-bond donors (Lipinski definition) is 2. The summed E-state index contributed by atoms with van der Waals surface area (Å²) in [6.07, 6.45) is 4.24. The van der Waals surface area contributed by atoms with Crippen LogP contribution in [-0.4, -0.2) is 79.7 Å². The smallest absolute Gasteiger partial charge is 0.328 e. The molecule has 2 aliphatic heterocycles. The summed E-state index contributed by atoms with van der Waals surface area (Å²) in [7, 11) is 3.07. The standard InChI is InChI=1S/C25H29N7O5/c1-31(23(34)15-36-2)12-17-8-16-4-3-6-32(24(16)29-21(17)13-33)25(35)30-22-9-20(18(10-26)11-27-22)28-19-5-7-37-14-19/h8-9,11,13,19H,3-7,12,14-15H2,1-2H3,(H2,27,28,30,35)/t19-/m0/s1. The Morgan fingerprint density at radius 2 is 2.24 bits per heavy atom. The number of amides is 3. The van der Waals surface area contributed by atoms with Crippen LogP contribution in [0.1, 0.15) is 40.0 Å². The lowest BCUT2D eigenvalue weighted by atomic mass is 10.0. The molecule has 2 aliphatic rings. The lowest BCUT2D eigenvalue weighted by molar-refractivity contribution is -0.134. The van der Waals surface area contributed by atoms with Crippen molar-refractivity contribution in [2.75, 3.05) is 56.1 Å². The second-order valence-corrected chi connectivity index (χ2v) is 8.93. The zero-order chi connectivity index (χ0) is 26.4. The number of aldehydes is 1. The zero-order valence-electron chi connectivity index (χ0n) is 20.8. The van der Waals surface area contributed by atoms with Crippen molar-refractivity contribution in [2.45, 2.75) is 31.8 Å². The van der Waals surface area contributed by atoms with E-state index in [1.807, 2.05) is 6.07 Å². The van der Waals surface area contributed by atoms with E-state index in [0.717, 1.165) is 12.0 Å². The summed E-state index contributed by atoms with van der Waals surface area (Å²) in [5.41, 5.74) is 2.51. The fourth-order valence-corrected chi connectivity index (χ4v) is 4.34. The van der Waals surface area contributed by atoms with E-state index in [0.29, 0.717) is 61.5 Å². The summed E-state index contributed by atoms with van der Waals surface area (Å²) in [6.45, 7) is 1.74.